The predicted molar refractivity (Wildman–Crippen MR) is 221 cm³/mol. The lowest BCUT2D eigenvalue weighted by atomic mass is 9.71. The number of nitrogens with zero attached hydrogens (tertiary/aromatic N) is 4. The van der Waals surface area contributed by atoms with Crippen LogP contribution >= 0.6 is 0 Å². The summed E-state index contributed by atoms with van der Waals surface area (Å²) in [5, 5.41) is 28.7. The molecular weight excluding hydrogens is 797 g/mol. The molecule has 8 bridgehead atoms. The topological polar surface area (TPSA) is 192 Å². The van der Waals surface area contributed by atoms with Crippen molar-refractivity contribution >= 4 is 29.5 Å². The van der Waals surface area contributed by atoms with E-state index in [1.165, 1.54) is 12.0 Å². The zero-order valence-electron chi connectivity index (χ0n) is 35.1. The van der Waals surface area contributed by atoms with Crippen LogP contribution in [0.25, 0.3) is 0 Å². The first-order valence-corrected chi connectivity index (χ1v) is 21.1. The van der Waals surface area contributed by atoms with Crippen LogP contribution in [0.3, 0.4) is 0 Å². The highest BCUT2D eigenvalue weighted by molar-refractivity contribution is 6.22. The van der Waals surface area contributed by atoms with Gasteiger partial charge in [-0.2, -0.15) is 5.26 Å². The average Bonchev–Trinajstić information content (AvgIpc) is 3.84. The molecule has 16 nitrogen and oxygen atoms in total. The van der Waals surface area contributed by atoms with Crippen molar-refractivity contribution in [3.8, 4) is 34.8 Å². The quantitative estimate of drug-likeness (QED) is 0.249. The fourth-order valence-electron chi connectivity index (χ4n) is 11.5. The minimum absolute atomic E-state index is 0.0256. The monoisotopic (exact) mass is 844 g/mol. The molecule has 4 amide bonds. The number of alkyl carbamates (subject to hydrolysis) is 1. The molecule has 0 radical (unpaired) electrons. The number of anilines is 1. The Labute approximate surface area is 358 Å². The Balaban J connectivity index is 1.11. The van der Waals surface area contributed by atoms with Gasteiger partial charge in [0.2, 0.25) is 24.5 Å². The molecular formula is C46H48N6O10. The zero-order chi connectivity index (χ0) is 43.3. The number of benzene rings is 3. The number of ether oxygens (including phenoxy) is 5. The Morgan fingerprint density at radius 3 is 2.47 bits per heavy atom. The summed E-state index contributed by atoms with van der Waals surface area (Å²) in [6, 6.07) is 10.00. The highest BCUT2D eigenvalue weighted by atomic mass is 16.7. The van der Waals surface area contributed by atoms with Crippen molar-refractivity contribution in [2.24, 2.45) is 17.8 Å². The Kier molecular flexibility index (Phi) is 9.60. The Bertz CT molecular complexity index is 2500. The highest BCUT2D eigenvalue weighted by Gasteiger charge is 2.57. The molecule has 3 N–H and O–H groups in total. The second-order valence-corrected chi connectivity index (χ2v) is 17.4. The SMILES string of the molecule is COc1c(C)cc2c(c1O)[C@@H]1[C@@H]3Cc4c5c(C)c6c(c4C(CNC(=O)[C@H](C)NC(=O)OCC4C=C(CO5)CC5C(=O)N(c7ccccc7)C(=O)C45)N3[C@@H](C#N)[C@H](C2)N1C)OCO6. The lowest BCUT2D eigenvalue weighted by Gasteiger charge is -2.60. The van der Waals surface area contributed by atoms with Crippen LogP contribution < -0.4 is 34.5 Å². The molecule has 0 saturated carbocycles. The standard InChI is InChI=1S/C46H48N6O10/c1-21-11-25-14-30-32(16-47)52-31(37(50(30)4)35(25)38(53)39(21)58-5)15-28-36-33(52)17-48-43(54)23(3)49-46(57)60-19-26-12-24(18-59-40(28)22(2)41-42(36)62-20-61-41)13-29-34(26)45(56)51(44(29)55)27-9-7-6-8-10-27/h6-12,23,26,29-34,37,53H,13-15,17-20H2,1-5H3,(H,48,54)(H,49,57)/t23-,26?,29?,30-,31-,32-,33?,34?,37-/m0/s1. The third-order valence-corrected chi connectivity index (χ3v) is 14.2. The third-order valence-electron chi connectivity index (χ3n) is 14.2. The van der Waals surface area contributed by atoms with Gasteiger partial charge in [0.15, 0.2) is 23.0 Å². The number of aryl methyl sites for hydroxylation is 1. The maximum atomic E-state index is 14.1. The van der Waals surface area contributed by atoms with E-state index in [0.717, 1.165) is 33.4 Å². The van der Waals surface area contributed by atoms with Gasteiger partial charge in [-0.25, -0.2) is 4.79 Å². The number of phenolic OH excluding ortho intramolecular Hbond substituents is 1. The van der Waals surface area contributed by atoms with E-state index in [2.05, 4.69) is 26.5 Å². The number of carbonyl (C=O) groups is 4. The molecule has 6 aliphatic heterocycles. The van der Waals surface area contributed by atoms with E-state index in [9.17, 15) is 29.5 Å². The number of rotatable bonds is 2. The van der Waals surface area contributed by atoms with Crippen LogP contribution in [-0.4, -0.2) is 104 Å². The van der Waals surface area contributed by atoms with Gasteiger partial charge in [0.25, 0.3) is 0 Å². The molecule has 10 rings (SSSR count). The van der Waals surface area contributed by atoms with Crippen molar-refractivity contribution in [2.75, 3.05) is 45.6 Å². The third kappa shape index (κ3) is 5.92. The number of hydrogen-bond donors (Lipinski definition) is 3. The summed E-state index contributed by atoms with van der Waals surface area (Å²) in [6.45, 7) is 5.16. The summed E-state index contributed by atoms with van der Waals surface area (Å²) < 4.78 is 30.7. The number of imide groups is 1. The van der Waals surface area contributed by atoms with E-state index >= 15 is 0 Å². The van der Waals surface area contributed by atoms with Crippen LogP contribution in [0, 0.1) is 42.9 Å². The summed E-state index contributed by atoms with van der Waals surface area (Å²) in [6.07, 6.45) is 2.14. The van der Waals surface area contributed by atoms with Gasteiger partial charge in [0, 0.05) is 46.8 Å². The number of aromatic hydroxyl groups is 1. The number of amides is 4. The number of cyclic esters (lactones) is 1. The van der Waals surface area contributed by atoms with Crippen molar-refractivity contribution in [3.63, 3.8) is 0 Å². The molecule has 2 saturated heterocycles. The van der Waals surface area contributed by atoms with Crippen molar-refractivity contribution in [2.45, 2.75) is 76.3 Å². The molecule has 7 aliphatic rings. The van der Waals surface area contributed by atoms with Gasteiger partial charge in [-0.1, -0.05) is 30.3 Å². The number of fused-ring (bicyclic) bond motifs is 11. The lowest BCUT2D eigenvalue weighted by Crippen LogP contribution is -2.69. The van der Waals surface area contributed by atoms with Crippen LogP contribution in [0.4, 0.5) is 10.5 Å². The minimum atomic E-state index is -1.04. The Hall–Kier alpha value is -6.31. The first kappa shape index (κ1) is 39.8. The summed E-state index contributed by atoms with van der Waals surface area (Å²) in [5.41, 5.74) is 5.92. The van der Waals surface area contributed by atoms with Crippen LogP contribution in [0.15, 0.2) is 48.0 Å². The van der Waals surface area contributed by atoms with E-state index in [-0.39, 0.29) is 56.6 Å². The smallest absolute Gasteiger partial charge is 0.407 e. The average molecular weight is 845 g/mol. The fourth-order valence-corrected chi connectivity index (χ4v) is 11.5. The molecule has 16 heteroatoms. The van der Waals surface area contributed by atoms with Crippen molar-refractivity contribution < 1.29 is 48.0 Å². The molecule has 3 aromatic carbocycles. The van der Waals surface area contributed by atoms with Gasteiger partial charge in [0.05, 0.1) is 42.8 Å². The van der Waals surface area contributed by atoms with Crippen molar-refractivity contribution in [1.29, 1.82) is 5.26 Å². The fraction of sp³-hybridized carbons (Fsp3) is 0.457. The molecule has 3 aromatic rings. The number of likely N-dealkylation sites (N-methyl/N-ethyl adjacent to an activating group) is 1. The summed E-state index contributed by atoms with van der Waals surface area (Å²) in [7, 11) is 3.52. The minimum Gasteiger partial charge on any atom is -0.504 e. The molecule has 6 heterocycles. The molecule has 4 unspecified atom stereocenters. The number of piperazine rings is 1. The van der Waals surface area contributed by atoms with Gasteiger partial charge in [-0.15, -0.1) is 0 Å². The molecule has 2 fully saturated rings. The summed E-state index contributed by atoms with van der Waals surface area (Å²) in [4.78, 5) is 61.0. The van der Waals surface area contributed by atoms with Crippen molar-refractivity contribution in [1.82, 2.24) is 20.4 Å². The molecule has 1 aliphatic carbocycles. The first-order valence-electron chi connectivity index (χ1n) is 21.1. The van der Waals surface area contributed by atoms with Crippen LogP contribution in [0.2, 0.25) is 0 Å². The number of nitriles is 1. The van der Waals surface area contributed by atoms with Gasteiger partial charge in [0.1, 0.15) is 31.0 Å². The van der Waals surface area contributed by atoms with Crippen LogP contribution in [-0.2, 0) is 32.0 Å². The molecule has 322 valence electrons. The number of methoxy groups -OCH3 is 1. The second-order valence-electron chi connectivity index (χ2n) is 17.4. The molecule has 0 aromatic heterocycles. The van der Waals surface area contributed by atoms with E-state index in [1.807, 2.05) is 39.1 Å². The number of para-hydroxylation sites is 1. The van der Waals surface area contributed by atoms with E-state index in [0.29, 0.717) is 47.1 Å². The Morgan fingerprint density at radius 1 is 0.935 bits per heavy atom. The largest absolute Gasteiger partial charge is 0.504 e. The number of phenols is 1. The molecule has 62 heavy (non-hydrogen) atoms. The first-order chi connectivity index (χ1) is 29.9. The van der Waals surface area contributed by atoms with E-state index in [4.69, 9.17) is 23.7 Å². The zero-order valence-corrected chi connectivity index (χ0v) is 35.1. The molecule has 0 spiro atoms. The van der Waals surface area contributed by atoms with E-state index in [1.54, 1.807) is 31.2 Å². The number of carbonyl (C=O) groups excluding carboxylic acids is 4. The van der Waals surface area contributed by atoms with Gasteiger partial charge in [-0.05, 0) is 75.9 Å². The Morgan fingerprint density at radius 2 is 1.71 bits per heavy atom. The van der Waals surface area contributed by atoms with Crippen LogP contribution in [0.5, 0.6) is 28.7 Å². The lowest BCUT2D eigenvalue weighted by molar-refractivity contribution is -0.124. The van der Waals surface area contributed by atoms with E-state index < -0.39 is 60.0 Å². The summed E-state index contributed by atoms with van der Waals surface area (Å²) >= 11 is 0. The number of hydrogen-bond acceptors (Lipinski definition) is 13. The van der Waals surface area contributed by atoms with Gasteiger partial charge >= 0.3 is 6.09 Å². The van der Waals surface area contributed by atoms with Gasteiger partial charge < -0.3 is 39.4 Å². The number of nitrogens with one attached hydrogen (secondary N) is 2. The maximum Gasteiger partial charge on any atom is 0.407 e. The second kappa shape index (κ2) is 14.9. The van der Waals surface area contributed by atoms with Crippen LogP contribution in [0.1, 0.15) is 58.8 Å². The molecule has 9 atom stereocenters. The maximum absolute atomic E-state index is 14.1. The predicted octanol–water partition coefficient (Wildman–Crippen LogP) is 3.89. The van der Waals surface area contributed by atoms with Gasteiger partial charge in [-0.3, -0.25) is 29.1 Å². The normalized spacial score (nSPS) is 30.3. The summed E-state index contributed by atoms with van der Waals surface area (Å²) in [5.74, 6) is -1.38. The van der Waals surface area contributed by atoms with Crippen molar-refractivity contribution in [3.05, 3.63) is 81.4 Å². The highest BCUT2D eigenvalue weighted by Crippen LogP contribution is 2.58.